The van der Waals surface area contributed by atoms with Gasteiger partial charge in [0.15, 0.2) is 0 Å². The number of halogens is 3. The summed E-state index contributed by atoms with van der Waals surface area (Å²) in [6.07, 6.45) is -4.80. The first-order valence-corrected chi connectivity index (χ1v) is 8.57. The minimum absolute atomic E-state index is 0.255. The third kappa shape index (κ3) is 3.79. The van der Waals surface area contributed by atoms with E-state index in [0.717, 1.165) is 0 Å². The maximum atomic E-state index is 12.9. The molecule has 0 radical (unpaired) electrons. The molecule has 2 fully saturated rings. The second kappa shape index (κ2) is 6.62. The van der Waals surface area contributed by atoms with Crippen LogP contribution >= 0.6 is 0 Å². The molecular weight excluding hydrogens is 350 g/mol. The van der Waals surface area contributed by atoms with Crippen LogP contribution in [0.3, 0.4) is 0 Å². The van der Waals surface area contributed by atoms with Gasteiger partial charge in [-0.05, 0) is 39.8 Å². The van der Waals surface area contributed by atoms with Gasteiger partial charge in [0, 0.05) is 24.2 Å². The molecule has 2 aliphatic rings. The minimum atomic E-state index is -4.80. The summed E-state index contributed by atoms with van der Waals surface area (Å²) in [5.74, 6) is -0.306. The fourth-order valence-corrected chi connectivity index (χ4v) is 3.02. The summed E-state index contributed by atoms with van der Waals surface area (Å²) >= 11 is 0. The first-order valence-electron chi connectivity index (χ1n) is 8.57. The number of hydrogen-bond donors (Lipinski definition) is 0. The van der Waals surface area contributed by atoms with Crippen molar-refractivity contribution in [2.45, 2.75) is 45.3 Å². The van der Waals surface area contributed by atoms with Gasteiger partial charge in [0.25, 0.3) is 0 Å². The third-order valence-electron chi connectivity index (χ3n) is 5.11. The molecule has 0 bridgehead atoms. The largest absolute Gasteiger partial charge is 0.573 e. The Morgan fingerprint density at radius 3 is 2.15 bits per heavy atom. The molecule has 1 aromatic rings. The zero-order chi connectivity index (χ0) is 19.2. The Balaban J connectivity index is 2.05. The van der Waals surface area contributed by atoms with Crippen LogP contribution in [0.4, 0.5) is 18.9 Å². The number of nitrogens with zero attached hydrogens (tertiary/aromatic N) is 1. The zero-order valence-electron chi connectivity index (χ0n) is 15.4. The lowest BCUT2D eigenvalue weighted by Crippen LogP contribution is -2.44. The number of morpholine rings is 1. The molecule has 0 aliphatic carbocycles. The normalized spacial score (nSPS) is 22.6. The van der Waals surface area contributed by atoms with Crippen molar-refractivity contribution in [3.63, 3.8) is 0 Å². The first kappa shape index (κ1) is 19.3. The molecule has 3 rings (SSSR count). The highest BCUT2D eigenvalue weighted by Crippen LogP contribution is 2.39. The van der Waals surface area contributed by atoms with E-state index in [-0.39, 0.29) is 11.2 Å². The summed E-state index contributed by atoms with van der Waals surface area (Å²) in [7, 11) is -0.962. The van der Waals surface area contributed by atoms with E-state index in [0.29, 0.717) is 32.0 Å². The fourth-order valence-electron chi connectivity index (χ4n) is 3.02. The monoisotopic (exact) mass is 373 g/mol. The number of benzene rings is 1. The molecule has 0 unspecified atom stereocenters. The van der Waals surface area contributed by atoms with Crippen molar-refractivity contribution in [1.29, 1.82) is 0 Å². The van der Waals surface area contributed by atoms with Crippen LogP contribution in [0, 0.1) is 0 Å². The van der Waals surface area contributed by atoms with E-state index >= 15 is 0 Å². The summed E-state index contributed by atoms with van der Waals surface area (Å²) in [5.41, 5.74) is -0.490. The number of rotatable bonds is 3. The van der Waals surface area contributed by atoms with Crippen LogP contribution in [0.15, 0.2) is 18.2 Å². The van der Waals surface area contributed by atoms with Crippen molar-refractivity contribution < 1.29 is 32.0 Å². The molecule has 0 spiro atoms. The topological polar surface area (TPSA) is 40.2 Å². The van der Waals surface area contributed by atoms with Crippen molar-refractivity contribution in [1.82, 2.24) is 0 Å². The lowest BCUT2D eigenvalue weighted by Gasteiger charge is -2.32. The molecule has 2 heterocycles. The maximum absolute atomic E-state index is 12.9. The molecule has 5 nitrogen and oxygen atoms in total. The van der Waals surface area contributed by atoms with Gasteiger partial charge in [0.2, 0.25) is 0 Å². The Labute approximate surface area is 151 Å². The minimum Gasteiger partial charge on any atom is -0.406 e. The van der Waals surface area contributed by atoms with E-state index in [1.165, 1.54) is 6.07 Å². The van der Waals surface area contributed by atoms with Crippen molar-refractivity contribution in [2.75, 3.05) is 31.2 Å². The van der Waals surface area contributed by atoms with E-state index in [4.69, 9.17) is 14.0 Å². The average Bonchev–Trinajstić information content (AvgIpc) is 2.74. The Bertz CT molecular complexity index is 644. The van der Waals surface area contributed by atoms with Crippen LogP contribution in [0.1, 0.15) is 27.7 Å². The van der Waals surface area contributed by atoms with Gasteiger partial charge in [-0.15, -0.1) is 13.2 Å². The molecule has 0 atom stereocenters. The summed E-state index contributed by atoms with van der Waals surface area (Å²) in [5, 5.41) is 0. The van der Waals surface area contributed by atoms with E-state index < -0.39 is 24.7 Å². The quantitative estimate of drug-likeness (QED) is 0.763. The lowest BCUT2D eigenvalue weighted by molar-refractivity contribution is -0.274. The van der Waals surface area contributed by atoms with Crippen LogP contribution in [-0.2, 0) is 14.0 Å². The molecule has 9 heteroatoms. The highest BCUT2D eigenvalue weighted by Gasteiger charge is 2.54. The van der Waals surface area contributed by atoms with E-state index in [2.05, 4.69) is 4.74 Å². The maximum Gasteiger partial charge on any atom is 0.573 e. The van der Waals surface area contributed by atoms with E-state index in [9.17, 15) is 13.2 Å². The van der Waals surface area contributed by atoms with Gasteiger partial charge < -0.3 is 23.7 Å². The van der Waals surface area contributed by atoms with Crippen LogP contribution in [0.2, 0.25) is 0 Å². The highest BCUT2D eigenvalue weighted by atomic mass is 19.4. The average molecular weight is 373 g/mol. The Hall–Kier alpha value is -1.45. The predicted molar refractivity (Wildman–Crippen MR) is 91.9 cm³/mol. The number of alkyl halides is 3. The van der Waals surface area contributed by atoms with Crippen molar-refractivity contribution >= 4 is 18.3 Å². The summed E-state index contributed by atoms with van der Waals surface area (Å²) in [6.45, 7) is 9.58. The Kier molecular flexibility index (Phi) is 4.92. The van der Waals surface area contributed by atoms with E-state index in [1.54, 1.807) is 12.1 Å². The molecule has 26 heavy (non-hydrogen) atoms. The van der Waals surface area contributed by atoms with Crippen LogP contribution in [0.5, 0.6) is 5.75 Å². The zero-order valence-corrected chi connectivity index (χ0v) is 15.4. The predicted octanol–water partition coefficient (Wildman–Crippen LogP) is 2.72. The molecular formula is C17H23BF3NO4. The molecule has 144 valence electrons. The van der Waals surface area contributed by atoms with Gasteiger partial charge in [0.1, 0.15) is 5.75 Å². The van der Waals surface area contributed by atoms with E-state index in [1.807, 2.05) is 32.6 Å². The molecule has 0 aromatic heterocycles. The fraction of sp³-hybridized carbons (Fsp3) is 0.647. The molecule has 0 saturated carbocycles. The molecule has 0 amide bonds. The van der Waals surface area contributed by atoms with Crippen molar-refractivity contribution in [3.05, 3.63) is 18.2 Å². The van der Waals surface area contributed by atoms with Crippen LogP contribution in [0.25, 0.3) is 0 Å². The summed E-state index contributed by atoms with van der Waals surface area (Å²) in [6, 6.07) is 4.59. The van der Waals surface area contributed by atoms with Gasteiger partial charge in [-0.25, -0.2) is 0 Å². The highest BCUT2D eigenvalue weighted by molar-refractivity contribution is 6.65. The second-order valence-electron chi connectivity index (χ2n) is 7.42. The van der Waals surface area contributed by atoms with Gasteiger partial charge >= 0.3 is 13.5 Å². The molecule has 1 aromatic carbocycles. The van der Waals surface area contributed by atoms with Gasteiger partial charge in [-0.3, -0.25) is 0 Å². The lowest BCUT2D eigenvalue weighted by atomic mass is 9.76. The summed E-state index contributed by atoms with van der Waals surface area (Å²) < 4.78 is 60.5. The number of hydrogen-bond acceptors (Lipinski definition) is 5. The van der Waals surface area contributed by atoms with Gasteiger partial charge in [-0.2, -0.15) is 0 Å². The van der Waals surface area contributed by atoms with Crippen molar-refractivity contribution in [2.24, 2.45) is 0 Å². The third-order valence-corrected chi connectivity index (χ3v) is 5.11. The first-order chi connectivity index (χ1) is 12.0. The second-order valence-corrected chi connectivity index (χ2v) is 7.42. The molecule has 0 N–H and O–H groups in total. The molecule has 2 aliphatic heterocycles. The Morgan fingerprint density at radius 2 is 1.62 bits per heavy atom. The number of ether oxygens (including phenoxy) is 2. The standard InChI is InChI=1S/C17H23BF3NO4/c1-15(2)16(3,4)26-18(25-15)14-12(22-8-10-23-11-9-22)6-5-7-13(14)24-17(19,20)21/h5-7H,8-11H2,1-4H3. The van der Waals surface area contributed by atoms with Crippen LogP contribution < -0.4 is 15.1 Å². The van der Waals surface area contributed by atoms with Crippen LogP contribution in [-0.4, -0.2) is 51.0 Å². The Morgan fingerprint density at radius 1 is 1.04 bits per heavy atom. The SMILES string of the molecule is CC1(C)OB(c2c(OC(F)(F)F)cccc2N2CCOCC2)OC1(C)C. The van der Waals surface area contributed by atoms with Crippen molar-refractivity contribution in [3.8, 4) is 5.75 Å². The van der Waals surface area contributed by atoms with Gasteiger partial charge in [0.05, 0.1) is 24.4 Å². The van der Waals surface area contributed by atoms with Gasteiger partial charge in [-0.1, -0.05) is 6.07 Å². The smallest absolute Gasteiger partial charge is 0.406 e. The molecule has 2 saturated heterocycles. The summed E-state index contributed by atoms with van der Waals surface area (Å²) in [4.78, 5) is 1.97. The number of anilines is 1.